The molecule has 1 amide bonds. The minimum absolute atomic E-state index is 0.0144. The molecule has 38 heavy (non-hydrogen) atoms. The zero-order chi connectivity index (χ0) is 26.6. The summed E-state index contributed by atoms with van der Waals surface area (Å²) in [6, 6.07) is 10.6. The second-order valence-corrected chi connectivity index (χ2v) is 13.6. The standard InChI is InChI=1S/C23H17N7O3S5/c1-12(20(31)27-21-24-7-8-34-21)35-22-26-16-5-4-15(10-19(16)38-22)25-11-14-3-6-18(17(9-14)30(32)33)37-23-29-28-13(2)36-23/h3-12H,1-2H3,(H,24,27,31)/t12-/m1/s1. The van der Waals surface area contributed by atoms with Crippen molar-refractivity contribution in [1.29, 1.82) is 0 Å². The van der Waals surface area contributed by atoms with Gasteiger partial charge in [0.15, 0.2) is 13.8 Å². The largest absolute Gasteiger partial charge is 0.301 e. The zero-order valence-corrected chi connectivity index (χ0v) is 23.8. The Kier molecular flexibility index (Phi) is 8.09. The molecule has 5 rings (SSSR count). The summed E-state index contributed by atoms with van der Waals surface area (Å²) in [6.45, 7) is 3.66. The van der Waals surface area contributed by atoms with Crippen LogP contribution in [0.2, 0.25) is 0 Å². The van der Waals surface area contributed by atoms with Crippen LogP contribution in [0.4, 0.5) is 16.5 Å². The first-order chi connectivity index (χ1) is 18.3. The molecule has 0 bridgehead atoms. The van der Waals surface area contributed by atoms with E-state index >= 15 is 0 Å². The SMILES string of the molecule is Cc1nnc(Sc2ccc(C=Nc3ccc4nc(S[C@H](C)C(=O)Nc5nccs5)sc4c3)cc2[N+](=O)[O-])s1. The summed E-state index contributed by atoms with van der Waals surface area (Å²) in [6.07, 6.45) is 3.24. The Bertz CT molecular complexity index is 1650. The van der Waals surface area contributed by atoms with Crippen LogP contribution in [-0.2, 0) is 4.79 Å². The van der Waals surface area contributed by atoms with E-state index in [0.29, 0.717) is 25.6 Å². The number of nitro benzene ring substituents is 1. The first-order valence-corrected chi connectivity index (χ1v) is 15.1. The molecule has 1 atom stereocenters. The molecular formula is C23H17N7O3S5. The number of hydrogen-bond acceptors (Lipinski definition) is 13. The number of hydrogen-bond donors (Lipinski definition) is 1. The Morgan fingerprint density at radius 1 is 1.18 bits per heavy atom. The van der Waals surface area contributed by atoms with E-state index in [4.69, 9.17) is 0 Å². The first kappa shape index (κ1) is 26.4. The third kappa shape index (κ3) is 6.42. The van der Waals surface area contributed by atoms with Crippen molar-refractivity contribution in [3.05, 3.63) is 68.7 Å². The van der Waals surface area contributed by atoms with Gasteiger partial charge in [-0.2, -0.15) is 0 Å². The van der Waals surface area contributed by atoms with Gasteiger partial charge in [0.1, 0.15) is 5.01 Å². The van der Waals surface area contributed by atoms with Gasteiger partial charge in [0.25, 0.3) is 5.69 Å². The van der Waals surface area contributed by atoms with Gasteiger partial charge in [-0.1, -0.05) is 40.9 Å². The predicted molar refractivity (Wildman–Crippen MR) is 155 cm³/mol. The number of thiazole rings is 2. The molecule has 2 aromatic carbocycles. The van der Waals surface area contributed by atoms with Crippen molar-refractivity contribution in [2.24, 2.45) is 4.99 Å². The number of thioether (sulfide) groups is 1. The Labute approximate surface area is 236 Å². The molecule has 10 nitrogen and oxygen atoms in total. The van der Waals surface area contributed by atoms with E-state index in [1.54, 1.807) is 29.9 Å². The lowest BCUT2D eigenvalue weighted by atomic mass is 10.2. The third-order valence-corrected chi connectivity index (χ3v) is 9.76. The fourth-order valence-electron chi connectivity index (χ4n) is 3.13. The maximum absolute atomic E-state index is 12.4. The van der Waals surface area contributed by atoms with E-state index in [1.807, 2.05) is 32.0 Å². The van der Waals surface area contributed by atoms with E-state index in [1.165, 1.54) is 63.6 Å². The number of nitro groups is 1. The van der Waals surface area contributed by atoms with Gasteiger partial charge >= 0.3 is 0 Å². The Hall–Kier alpha value is -3.24. The quantitative estimate of drug-likeness (QED) is 0.0835. The summed E-state index contributed by atoms with van der Waals surface area (Å²) in [5, 5.41) is 25.3. The van der Waals surface area contributed by atoms with Crippen LogP contribution < -0.4 is 5.32 Å². The zero-order valence-electron chi connectivity index (χ0n) is 19.7. The smallest absolute Gasteiger partial charge is 0.283 e. The molecule has 0 unspecified atom stereocenters. The van der Waals surface area contributed by atoms with Crippen molar-refractivity contribution < 1.29 is 9.72 Å². The molecule has 3 heterocycles. The normalized spacial score (nSPS) is 12.3. The molecule has 0 saturated carbocycles. The number of aromatic nitrogens is 4. The average molecular weight is 600 g/mol. The van der Waals surface area contributed by atoms with Crippen molar-refractivity contribution >= 4 is 96.4 Å². The van der Waals surface area contributed by atoms with Gasteiger partial charge in [0, 0.05) is 23.9 Å². The van der Waals surface area contributed by atoms with Crippen LogP contribution in [0.25, 0.3) is 10.2 Å². The number of amides is 1. The molecule has 0 aliphatic heterocycles. The van der Waals surface area contributed by atoms with Crippen LogP contribution in [-0.4, -0.2) is 42.5 Å². The Morgan fingerprint density at radius 2 is 2.05 bits per heavy atom. The molecule has 0 radical (unpaired) electrons. The molecule has 1 N–H and O–H groups in total. The Balaban J connectivity index is 1.28. The molecule has 0 fully saturated rings. The Morgan fingerprint density at radius 3 is 2.79 bits per heavy atom. The number of carbonyl (C=O) groups excluding carboxylic acids is 1. The number of fused-ring (bicyclic) bond motifs is 1. The van der Waals surface area contributed by atoms with Crippen LogP contribution in [0.1, 0.15) is 17.5 Å². The number of anilines is 1. The number of nitrogens with one attached hydrogen (secondary N) is 1. The molecule has 0 saturated heterocycles. The van der Waals surface area contributed by atoms with Gasteiger partial charge in [-0.25, -0.2) is 9.97 Å². The lowest BCUT2D eigenvalue weighted by Gasteiger charge is -2.07. The second-order valence-electron chi connectivity index (χ2n) is 7.65. The third-order valence-electron chi connectivity index (χ3n) is 4.91. The summed E-state index contributed by atoms with van der Waals surface area (Å²) in [7, 11) is 0. The molecule has 192 valence electrons. The number of aliphatic imine (C=N–C) groups is 1. The van der Waals surface area contributed by atoms with E-state index in [9.17, 15) is 14.9 Å². The van der Waals surface area contributed by atoms with Crippen LogP contribution in [0.3, 0.4) is 0 Å². The highest BCUT2D eigenvalue weighted by molar-refractivity contribution is 8.02. The van der Waals surface area contributed by atoms with Gasteiger partial charge in [-0.3, -0.25) is 19.9 Å². The van der Waals surface area contributed by atoms with Crippen molar-refractivity contribution in [2.45, 2.75) is 32.7 Å². The van der Waals surface area contributed by atoms with Crippen LogP contribution in [0.15, 0.2) is 66.5 Å². The fraction of sp³-hybridized carbons (Fsp3) is 0.130. The van der Waals surface area contributed by atoms with E-state index in [-0.39, 0.29) is 16.8 Å². The van der Waals surface area contributed by atoms with E-state index in [2.05, 4.69) is 30.5 Å². The van der Waals surface area contributed by atoms with Crippen molar-refractivity contribution in [3.8, 4) is 0 Å². The highest BCUT2D eigenvalue weighted by Gasteiger charge is 2.19. The molecule has 0 aliphatic rings. The summed E-state index contributed by atoms with van der Waals surface area (Å²) >= 11 is 6.84. The van der Waals surface area contributed by atoms with Crippen molar-refractivity contribution in [1.82, 2.24) is 20.2 Å². The van der Waals surface area contributed by atoms with E-state index in [0.717, 1.165) is 19.6 Å². The maximum atomic E-state index is 12.4. The van der Waals surface area contributed by atoms with Gasteiger partial charge in [0.2, 0.25) is 5.91 Å². The summed E-state index contributed by atoms with van der Waals surface area (Å²) < 4.78 is 2.36. The lowest BCUT2D eigenvalue weighted by molar-refractivity contribution is -0.387. The minimum atomic E-state index is -0.408. The van der Waals surface area contributed by atoms with Gasteiger partial charge in [-0.05, 0) is 43.7 Å². The first-order valence-electron chi connectivity index (χ1n) is 10.9. The van der Waals surface area contributed by atoms with Gasteiger partial charge in [0.05, 0.1) is 31.0 Å². The molecule has 5 aromatic rings. The number of carbonyl (C=O) groups is 1. The molecule has 3 aromatic heterocycles. The molecule has 0 spiro atoms. The fourth-order valence-corrected chi connectivity index (χ4v) is 7.76. The van der Waals surface area contributed by atoms with E-state index < -0.39 is 4.92 Å². The van der Waals surface area contributed by atoms with Crippen LogP contribution in [0, 0.1) is 17.0 Å². The second kappa shape index (κ2) is 11.7. The van der Waals surface area contributed by atoms with Crippen LogP contribution in [0.5, 0.6) is 0 Å². The molecule has 0 aliphatic carbocycles. The highest BCUT2D eigenvalue weighted by Crippen LogP contribution is 2.37. The van der Waals surface area contributed by atoms with Gasteiger partial charge < -0.3 is 5.32 Å². The number of nitrogens with zero attached hydrogens (tertiary/aromatic N) is 6. The van der Waals surface area contributed by atoms with Gasteiger partial charge in [-0.15, -0.1) is 32.9 Å². The van der Waals surface area contributed by atoms with Crippen molar-refractivity contribution in [3.63, 3.8) is 0 Å². The summed E-state index contributed by atoms with van der Waals surface area (Å²) in [5.41, 5.74) is 2.10. The van der Waals surface area contributed by atoms with Crippen LogP contribution >= 0.6 is 57.5 Å². The average Bonchev–Trinajstić information content (AvgIpc) is 3.64. The lowest BCUT2D eigenvalue weighted by Crippen LogP contribution is -2.22. The predicted octanol–water partition coefficient (Wildman–Crippen LogP) is 6.84. The minimum Gasteiger partial charge on any atom is -0.301 e. The van der Waals surface area contributed by atoms with Crippen molar-refractivity contribution in [2.75, 3.05) is 5.32 Å². The maximum Gasteiger partial charge on any atom is 0.283 e. The summed E-state index contributed by atoms with van der Waals surface area (Å²) in [5.74, 6) is -0.133. The highest BCUT2D eigenvalue weighted by atomic mass is 32.2. The topological polar surface area (TPSA) is 136 Å². The number of benzene rings is 2. The monoisotopic (exact) mass is 599 g/mol. The molecule has 15 heteroatoms. The number of aryl methyl sites for hydroxylation is 1. The number of rotatable bonds is 9. The summed E-state index contributed by atoms with van der Waals surface area (Å²) in [4.78, 5) is 37.4. The molecular weight excluding hydrogens is 583 g/mol.